The number of rotatable bonds is 4. The molecule has 0 aliphatic carbocycles. The third kappa shape index (κ3) is 6.45. The Morgan fingerprint density at radius 1 is 0.857 bits per heavy atom. The summed E-state index contributed by atoms with van der Waals surface area (Å²) in [6.45, 7) is 0.0330. The summed E-state index contributed by atoms with van der Waals surface area (Å²) in [7, 11) is 0. The number of halogens is 6. The Morgan fingerprint density at radius 3 is 2.17 bits per heavy atom. The SMILES string of the molecule is O=C(NC1CCN(C(=O)c2cc(C(F)(F)F)cc(C(F)(F)F)c2)C(Cc2ccccc2)C1)N1C=CCc2ccccc21. The van der Waals surface area contributed by atoms with E-state index < -0.39 is 41.0 Å². The number of likely N-dealkylation sites (tertiary alicyclic amines) is 1. The number of nitrogens with one attached hydrogen (secondary N) is 1. The summed E-state index contributed by atoms with van der Waals surface area (Å²) in [6, 6.07) is 16.1. The second-order valence-corrected chi connectivity index (χ2v) is 10.4. The highest BCUT2D eigenvalue weighted by Crippen LogP contribution is 2.37. The number of alkyl halides is 6. The number of amides is 3. The molecule has 5 rings (SSSR count). The Balaban J connectivity index is 1.40. The van der Waals surface area contributed by atoms with Crippen LogP contribution in [0.5, 0.6) is 0 Å². The number of nitrogens with zero attached hydrogens (tertiary/aromatic N) is 2. The lowest BCUT2D eigenvalue weighted by molar-refractivity contribution is -0.143. The standard InChI is InChI=1S/C31H27F6N3O2/c32-30(33,34)23-16-22(17-24(18-23)31(35,36)37)28(41)39-14-12-25(19-26(39)15-20-7-2-1-3-8-20)38-29(42)40-13-6-10-21-9-4-5-11-27(21)40/h1-9,11,13,16-18,25-26H,10,12,14-15,19H2,(H,38,42). The predicted octanol–water partition coefficient (Wildman–Crippen LogP) is 7.23. The minimum Gasteiger partial charge on any atom is -0.335 e. The van der Waals surface area contributed by atoms with E-state index in [2.05, 4.69) is 5.32 Å². The molecule has 0 radical (unpaired) electrons. The van der Waals surface area contributed by atoms with E-state index in [1.807, 2.05) is 48.5 Å². The number of hydrogen-bond acceptors (Lipinski definition) is 2. The minimum absolute atomic E-state index is 0.00713. The van der Waals surface area contributed by atoms with Crippen LogP contribution in [0.4, 0.5) is 36.8 Å². The Hall–Kier alpha value is -4.28. The average molecular weight is 588 g/mol. The maximum absolute atomic E-state index is 13.6. The van der Waals surface area contributed by atoms with E-state index in [9.17, 15) is 35.9 Å². The van der Waals surface area contributed by atoms with Crippen LogP contribution in [0, 0.1) is 0 Å². The molecule has 5 nitrogen and oxygen atoms in total. The molecule has 220 valence electrons. The van der Waals surface area contributed by atoms with E-state index in [0.717, 1.165) is 16.8 Å². The van der Waals surface area contributed by atoms with Crippen molar-refractivity contribution < 1.29 is 35.9 Å². The highest BCUT2D eigenvalue weighted by molar-refractivity contribution is 5.96. The van der Waals surface area contributed by atoms with Gasteiger partial charge in [0.15, 0.2) is 0 Å². The molecule has 2 unspecified atom stereocenters. The fraction of sp³-hybridized carbons (Fsp3) is 0.290. The van der Waals surface area contributed by atoms with E-state index in [1.54, 1.807) is 18.3 Å². The number of piperidine rings is 1. The van der Waals surface area contributed by atoms with Crippen molar-refractivity contribution in [2.24, 2.45) is 0 Å². The molecule has 2 aliphatic rings. The number of anilines is 1. The van der Waals surface area contributed by atoms with Crippen LogP contribution in [-0.2, 0) is 25.2 Å². The number of para-hydroxylation sites is 1. The Morgan fingerprint density at radius 2 is 1.50 bits per heavy atom. The monoisotopic (exact) mass is 587 g/mol. The zero-order chi connectivity index (χ0) is 30.1. The molecule has 2 heterocycles. The summed E-state index contributed by atoms with van der Waals surface area (Å²) >= 11 is 0. The van der Waals surface area contributed by atoms with Crippen LogP contribution in [0.1, 0.15) is 45.5 Å². The van der Waals surface area contributed by atoms with Crippen LogP contribution in [0.25, 0.3) is 0 Å². The lowest BCUT2D eigenvalue weighted by Crippen LogP contribution is -2.54. The maximum Gasteiger partial charge on any atom is 0.416 e. The molecule has 42 heavy (non-hydrogen) atoms. The van der Waals surface area contributed by atoms with E-state index in [-0.39, 0.29) is 37.5 Å². The molecule has 0 aromatic heterocycles. The molecule has 2 aliphatic heterocycles. The summed E-state index contributed by atoms with van der Waals surface area (Å²) < 4.78 is 80.9. The molecule has 11 heteroatoms. The van der Waals surface area contributed by atoms with Crippen LogP contribution in [0.3, 0.4) is 0 Å². The number of carbonyl (C=O) groups is 2. The number of urea groups is 1. The smallest absolute Gasteiger partial charge is 0.335 e. The van der Waals surface area contributed by atoms with Gasteiger partial charge in [-0.2, -0.15) is 26.3 Å². The number of hydrogen-bond donors (Lipinski definition) is 1. The van der Waals surface area contributed by atoms with Crippen molar-refractivity contribution in [2.75, 3.05) is 11.4 Å². The largest absolute Gasteiger partial charge is 0.416 e. The minimum atomic E-state index is -5.07. The van der Waals surface area contributed by atoms with Crippen LogP contribution in [0.15, 0.2) is 85.1 Å². The van der Waals surface area contributed by atoms with Gasteiger partial charge in [0, 0.05) is 30.4 Å². The van der Waals surface area contributed by atoms with Crippen molar-refractivity contribution in [3.05, 3.63) is 113 Å². The molecule has 2 atom stereocenters. The molecular formula is C31H27F6N3O2. The lowest BCUT2D eigenvalue weighted by Gasteiger charge is -2.40. The Kier molecular flexibility index (Phi) is 8.03. The van der Waals surface area contributed by atoms with Gasteiger partial charge in [-0.3, -0.25) is 9.69 Å². The van der Waals surface area contributed by atoms with E-state index in [4.69, 9.17) is 0 Å². The van der Waals surface area contributed by atoms with Crippen molar-refractivity contribution in [3.63, 3.8) is 0 Å². The number of benzene rings is 3. The molecule has 1 fully saturated rings. The molecule has 1 N–H and O–H groups in total. The first kappa shape index (κ1) is 29.2. The maximum atomic E-state index is 13.6. The zero-order valence-corrected chi connectivity index (χ0v) is 22.3. The molecule has 0 saturated carbocycles. The van der Waals surface area contributed by atoms with Crippen molar-refractivity contribution in [1.29, 1.82) is 0 Å². The Bertz CT molecular complexity index is 1450. The van der Waals surface area contributed by atoms with Gasteiger partial charge in [-0.05, 0) is 61.1 Å². The lowest BCUT2D eigenvalue weighted by atomic mass is 9.91. The number of allylic oxidation sites excluding steroid dienone is 1. The zero-order valence-electron chi connectivity index (χ0n) is 22.3. The van der Waals surface area contributed by atoms with Gasteiger partial charge in [0.1, 0.15) is 0 Å². The van der Waals surface area contributed by atoms with Gasteiger partial charge >= 0.3 is 18.4 Å². The molecule has 1 saturated heterocycles. The Labute approximate surface area is 238 Å². The van der Waals surface area contributed by atoms with Gasteiger partial charge in [-0.1, -0.05) is 54.6 Å². The summed E-state index contributed by atoms with van der Waals surface area (Å²) in [4.78, 5) is 29.6. The molecule has 0 bridgehead atoms. The van der Waals surface area contributed by atoms with Gasteiger partial charge in [0.05, 0.1) is 16.8 Å². The van der Waals surface area contributed by atoms with Crippen molar-refractivity contribution in [2.45, 2.75) is 50.1 Å². The third-order valence-electron chi connectivity index (χ3n) is 7.52. The molecular weight excluding hydrogens is 560 g/mol. The second kappa shape index (κ2) is 11.5. The molecule has 3 aromatic rings. The fourth-order valence-electron chi connectivity index (χ4n) is 5.48. The highest BCUT2D eigenvalue weighted by atomic mass is 19.4. The van der Waals surface area contributed by atoms with Gasteiger partial charge in [-0.25, -0.2) is 4.79 Å². The fourth-order valence-corrected chi connectivity index (χ4v) is 5.48. The summed E-state index contributed by atoms with van der Waals surface area (Å²) in [5, 5.41) is 3.00. The summed E-state index contributed by atoms with van der Waals surface area (Å²) in [6.07, 6.45) is -5.07. The van der Waals surface area contributed by atoms with E-state index >= 15 is 0 Å². The van der Waals surface area contributed by atoms with E-state index in [1.165, 1.54) is 9.80 Å². The van der Waals surface area contributed by atoms with Crippen molar-refractivity contribution in [3.8, 4) is 0 Å². The average Bonchev–Trinajstić information content (AvgIpc) is 2.96. The van der Waals surface area contributed by atoms with Crippen LogP contribution in [-0.4, -0.2) is 35.5 Å². The molecule has 0 spiro atoms. The van der Waals surface area contributed by atoms with Crippen molar-refractivity contribution >= 4 is 17.6 Å². The topological polar surface area (TPSA) is 52.7 Å². The first-order valence-corrected chi connectivity index (χ1v) is 13.4. The van der Waals surface area contributed by atoms with Gasteiger partial charge in [0.25, 0.3) is 5.91 Å². The van der Waals surface area contributed by atoms with Crippen LogP contribution in [0.2, 0.25) is 0 Å². The summed E-state index contributed by atoms with van der Waals surface area (Å²) in [5.74, 6) is -0.926. The first-order valence-electron chi connectivity index (χ1n) is 13.4. The van der Waals surface area contributed by atoms with Gasteiger partial charge in [0.2, 0.25) is 0 Å². The van der Waals surface area contributed by atoms with Gasteiger partial charge in [-0.15, -0.1) is 0 Å². The van der Waals surface area contributed by atoms with Gasteiger partial charge < -0.3 is 10.2 Å². The number of carbonyl (C=O) groups excluding carboxylic acids is 2. The molecule has 3 aromatic carbocycles. The third-order valence-corrected chi connectivity index (χ3v) is 7.52. The van der Waals surface area contributed by atoms with Crippen molar-refractivity contribution in [1.82, 2.24) is 10.2 Å². The second-order valence-electron chi connectivity index (χ2n) is 10.4. The number of fused-ring (bicyclic) bond motifs is 1. The van der Waals surface area contributed by atoms with E-state index in [0.29, 0.717) is 25.0 Å². The van der Waals surface area contributed by atoms with Crippen LogP contribution >= 0.6 is 0 Å². The first-order chi connectivity index (χ1) is 19.9. The van der Waals surface area contributed by atoms with Crippen LogP contribution < -0.4 is 10.2 Å². The molecule has 3 amide bonds. The highest BCUT2D eigenvalue weighted by Gasteiger charge is 2.39. The summed E-state index contributed by atoms with van der Waals surface area (Å²) in [5.41, 5.74) is -1.21. The normalized spacial score (nSPS) is 18.9. The quantitative estimate of drug-likeness (QED) is 0.328. The predicted molar refractivity (Wildman–Crippen MR) is 145 cm³/mol.